The topological polar surface area (TPSA) is 38.9 Å². The van der Waals surface area contributed by atoms with E-state index in [1.807, 2.05) is 0 Å². The van der Waals surface area contributed by atoms with Gasteiger partial charge in [0.05, 0.1) is 0 Å². The third-order valence-electron chi connectivity index (χ3n) is 2.95. The van der Waals surface area contributed by atoms with Crippen molar-refractivity contribution in [3.8, 4) is 0 Å². The van der Waals surface area contributed by atoms with Crippen LogP contribution in [0.25, 0.3) is 0 Å². The fourth-order valence-corrected chi connectivity index (χ4v) is 4.18. The lowest BCUT2D eigenvalue weighted by Crippen LogP contribution is -2.13. The van der Waals surface area contributed by atoms with Crippen LogP contribution in [0.4, 0.5) is 13.2 Å². The molecule has 1 aliphatic carbocycles. The van der Waals surface area contributed by atoms with E-state index in [4.69, 9.17) is 5.73 Å². The maximum absolute atomic E-state index is 12.4. The summed E-state index contributed by atoms with van der Waals surface area (Å²) in [6, 6.07) is -0.343. The molecule has 18 heavy (non-hydrogen) atoms. The van der Waals surface area contributed by atoms with Crippen LogP contribution in [0.15, 0.2) is 6.20 Å². The van der Waals surface area contributed by atoms with Crippen LogP contribution in [0.5, 0.6) is 0 Å². The summed E-state index contributed by atoms with van der Waals surface area (Å²) in [6.45, 7) is 0. The van der Waals surface area contributed by atoms with Gasteiger partial charge in [-0.15, -0.1) is 11.3 Å². The van der Waals surface area contributed by atoms with Crippen molar-refractivity contribution in [2.24, 2.45) is 5.73 Å². The molecule has 7 heteroatoms. The summed E-state index contributed by atoms with van der Waals surface area (Å²) in [5, 5.41) is -0.176. The summed E-state index contributed by atoms with van der Waals surface area (Å²) in [5.74, 6) is 0.671. The normalized spacial score (nSPS) is 19.3. The van der Waals surface area contributed by atoms with Gasteiger partial charge in [-0.2, -0.15) is 24.9 Å². The molecule has 1 heterocycles. The van der Waals surface area contributed by atoms with Crippen LogP contribution >= 0.6 is 23.1 Å². The number of thiazole rings is 1. The van der Waals surface area contributed by atoms with Crippen LogP contribution in [-0.2, 0) is 6.18 Å². The molecule has 102 valence electrons. The van der Waals surface area contributed by atoms with Crippen molar-refractivity contribution in [2.45, 2.75) is 43.2 Å². The van der Waals surface area contributed by atoms with Gasteiger partial charge < -0.3 is 5.73 Å². The van der Waals surface area contributed by atoms with Crippen molar-refractivity contribution < 1.29 is 13.2 Å². The maximum atomic E-state index is 12.4. The Bertz CT molecular complexity index is 386. The molecule has 0 saturated heterocycles. The zero-order chi connectivity index (χ0) is 13.2. The molecule has 1 aromatic rings. The van der Waals surface area contributed by atoms with E-state index in [9.17, 15) is 13.2 Å². The highest BCUT2D eigenvalue weighted by Crippen LogP contribution is 2.36. The van der Waals surface area contributed by atoms with E-state index in [0.29, 0.717) is 27.2 Å². The van der Waals surface area contributed by atoms with Gasteiger partial charge in [-0.1, -0.05) is 12.8 Å². The SMILES string of the molecule is NC(CSC1CCCC1)c1cnc(C(F)(F)F)s1. The quantitative estimate of drug-likeness (QED) is 0.917. The van der Waals surface area contributed by atoms with E-state index in [0.717, 1.165) is 0 Å². The number of nitrogens with zero attached hydrogens (tertiary/aromatic N) is 1. The van der Waals surface area contributed by atoms with Crippen LogP contribution in [0, 0.1) is 0 Å². The lowest BCUT2D eigenvalue weighted by molar-refractivity contribution is -0.137. The first-order valence-corrected chi connectivity index (χ1v) is 7.73. The second kappa shape index (κ2) is 5.79. The molecule has 2 nitrogen and oxygen atoms in total. The average molecular weight is 296 g/mol. The number of hydrogen-bond donors (Lipinski definition) is 1. The van der Waals surface area contributed by atoms with Gasteiger partial charge in [-0.25, -0.2) is 4.98 Å². The molecule has 1 unspecified atom stereocenters. The molecule has 0 radical (unpaired) electrons. The van der Waals surface area contributed by atoms with Gasteiger partial charge in [0.15, 0.2) is 5.01 Å². The molecule has 1 aliphatic rings. The van der Waals surface area contributed by atoms with Gasteiger partial charge in [0, 0.05) is 28.1 Å². The second-order valence-electron chi connectivity index (χ2n) is 4.41. The Hall–Kier alpha value is -0.270. The monoisotopic (exact) mass is 296 g/mol. The van der Waals surface area contributed by atoms with Crippen molar-refractivity contribution in [3.63, 3.8) is 0 Å². The summed E-state index contributed by atoms with van der Waals surface area (Å²) in [6.07, 6.45) is 1.81. The van der Waals surface area contributed by atoms with E-state index in [-0.39, 0.29) is 6.04 Å². The zero-order valence-electron chi connectivity index (χ0n) is 9.74. The Morgan fingerprint density at radius 3 is 2.67 bits per heavy atom. The number of hydrogen-bond acceptors (Lipinski definition) is 4. The molecule has 1 fully saturated rings. The molecule has 1 aromatic heterocycles. The number of halogens is 3. The summed E-state index contributed by atoms with van der Waals surface area (Å²) in [4.78, 5) is 3.91. The van der Waals surface area contributed by atoms with Gasteiger partial charge in [0.25, 0.3) is 0 Å². The molecule has 0 amide bonds. The summed E-state index contributed by atoms with van der Waals surface area (Å²) >= 11 is 2.43. The number of aromatic nitrogens is 1. The molecular weight excluding hydrogens is 281 g/mol. The van der Waals surface area contributed by atoms with Gasteiger partial charge >= 0.3 is 6.18 Å². The Labute approximate surface area is 112 Å². The molecular formula is C11H15F3N2S2. The van der Waals surface area contributed by atoms with E-state index >= 15 is 0 Å². The Morgan fingerprint density at radius 1 is 1.44 bits per heavy atom. The van der Waals surface area contributed by atoms with Gasteiger partial charge in [0.2, 0.25) is 0 Å². The van der Waals surface area contributed by atoms with Crippen LogP contribution in [0.1, 0.15) is 41.6 Å². The molecule has 2 N–H and O–H groups in total. The largest absolute Gasteiger partial charge is 0.443 e. The van der Waals surface area contributed by atoms with E-state index in [1.165, 1.54) is 31.9 Å². The molecule has 0 aliphatic heterocycles. The molecule has 1 saturated carbocycles. The molecule has 0 spiro atoms. The lowest BCUT2D eigenvalue weighted by atomic mass is 10.3. The smallest absolute Gasteiger partial charge is 0.323 e. The molecule has 1 atom stereocenters. The second-order valence-corrected chi connectivity index (χ2v) is 6.81. The summed E-state index contributed by atoms with van der Waals surface area (Å²) in [5.41, 5.74) is 5.91. The van der Waals surface area contributed by atoms with Gasteiger partial charge in [0.1, 0.15) is 0 Å². The van der Waals surface area contributed by atoms with Crippen LogP contribution in [0.3, 0.4) is 0 Å². The maximum Gasteiger partial charge on any atom is 0.443 e. The van der Waals surface area contributed by atoms with Crippen molar-refractivity contribution in [1.82, 2.24) is 4.98 Å². The molecule has 0 aromatic carbocycles. The minimum atomic E-state index is -4.36. The molecule has 0 bridgehead atoms. The van der Waals surface area contributed by atoms with Crippen LogP contribution < -0.4 is 5.73 Å². The highest BCUT2D eigenvalue weighted by molar-refractivity contribution is 7.99. The predicted octanol–water partition coefficient (Wildman–Crippen LogP) is 3.84. The highest BCUT2D eigenvalue weighted by atomic mass is 32.2. The first-order chi connectivity index (χ1) is 8.47. The lowest BCUT2D eigenvalue weighted by Gasteiger charge is -2.12. The van der Waals surface area contributed by atoms with E-state index < -0.39 is 11.2 Å². The van der Waals surface area contributed by atoms with Crippen LogP contribution in [-0.4, -0.2) is 16.0 Å². The first kappa shape index (κ1) is 14.1. The Kier molecular flexibility index (Phi) is 4.55. The van der Waals surface area contributed by atoms with E-state index in [2.05, 4.69) is 4.98 Å². The van der Waals surface area contributed by atoms with Crippen molar-refractivity contribution in [3.05, 3.63) is 16.1 Å². The average Bonchev–Trinajstić information content (AvgIpc) is 2.96. The Morgan fingerprint density at radius 2 is 2.11 bits per heavy atom. The van der Waals surface area contributed by atoms with Crippen molar-refractivity contribution >= 4 is 23.1 Å². The third-order valence-corrected chi connectivity index (χ3v) is 5.61. The fourth-order valence-electron chi connectivity index (χ4n) is 1.97. The summed E-state index contributed by atoms with van der Waals surface area (Å²) in [7, 11) is 0. The van der Waals surface area contributed by atoms with Crippen molar-refractivity contribution in [1.29, 1.82) is 0 Å². The predicted molar refractivity (Wildman–Crippen MR) is 68.8 cm³/mol. The third kappa shape index (κ3) is 3.61. The standard InChI is InChI=1S/C11H15F3N2S2/c12-11(13,14)10-16-5-9(18-10)8(15)6-17-7-3-1-2-4-7/h5,7-8H,1-4,6,15H2. The van der Waals surface area contributed by atoms with E-state index in [1.54, 1.807) is 11.8 Å². The summed E-state index contributed by atoms with van der Waals surface area (Å²) < 4.78 is 37.2. The van der Waals surface area contributed by atoms with Crippen LogP contribution in [0.2, 0.25) is 0 Å². The minimum absolute atomic E-state index is 0.343. The number of nitrogens with two attached hydrogens (primary N) is 1. The minimum Gasteiger partial charge on any atom is -0.323 e. The number of rotatable bonds is 4. The first-order valence-electron chi connectivity index (χ1n) is 5.87. The zero-order valence-corrected chi connectivity index (χ0v) is 11.4. The van der Waals surface area contributed by atoms with Crippen molar-refractivity contribution in [2.75, 3.05) is 5.75 Å². The van der Waals surface area contributed by atoms with Gasteiger partial charge in [-0.05, 0) is 12.8 Å². The Balaban J connectivity index is 1.88. The molecule has 2 rings (SSSR count). The highest BCUT2D eigenvalue weighted by Gasteiger charge is 2.35. The van der Waals surface area contributed by atoms with Gasteiger partial charge in [-0.3, -0.25) is 0 Å². The fraction of sp³-hybridized carbons (Fsp3) is 0.727. The number of thioether (sulfide) groups is 1. The number of alkyl halides is 3.